The van der Waals surface area contributed by atoms with E-state index in [0.717, 1.165) is 5.57 Å². The van der Waals surface area contributed by atoms with Crippen LogP contribution < -0.4 is 4.74 Å². The van der Waals surface area contributed by atoms with Gasteiger partial charge in [-0.25, -0.2) is 0 Å². The van der Waals surface area contributed by atoms with E-state index >= 15 is 0 Å². The monoisotopic (exact) mass is 207 g/mol. The van der Waals surface area contributed by atoms with Gasteiger partial charge in [0.2, 0.25) is 0 Å². The lowest BCUT2D eigenvalue weighted by Crippen LogP contribution is -1.99. The first kappa shape index (κ1) is 10.6. The molecule has 0 N–H and O–H groups in total. The highest BCUT2D eigenvalue weighted by atomic mass is 35.5. The molecule has 14 heavy (non-hydrogen) atoms. The number of nitriles is 1. The van der Waals surface area contributed by atoms with Gasteiger partial charge < -0.3 is 4.74 Å². The molecule has 0 atom stereocenters. The van der Waals surface area contributed by atoms with Gasteiger partial charge in [0.15, 0.2) is 0 Å². The second-order valence-corrected chi connectivity index (χ2v) is 3.07. The molecule has 1 aromatic carbocycles. The van der Waals surface area contributed by atoms with E-state index in [0.29, 0.717) is 17.9 Å². The Kier molecular flexibility index (Phi) is 4.03. The summed E-state index contributed by atoms with van der Waals surface area (Å²) in [6.45, 7) is 2.27. The summed E-state index contributed by atoms with van der Waals surface area (Å²) in [6.07, 6.45) is 0. The van der Waals surface area contributed by atoms with Gasteiger partial charge in [0, 0.05) is 5.54 Å². The summed E-state index contributed by atoms with van der Waals surface area (Å²) in [7, 11) is 0. The van der Waals surface area contributed by atoms with Crippen molar-refractivity contribution in [1.29, 1.82) is 5.26 Å². The van der Waals surface area contributed by atoms with E-state index < -0.39 is 0 Å². The second kappa shape index (κ2) is 5.31. The molecule has 0 aliphatic heterocycles. The summed E-state index contributed by atoms with van der Waals surface area (Å²) in [5, 5.41) is 8.77. The molecule has 2 nitrogen and oxygen atoms in total. The molecule has 72 valence electrons. The quantitative estimate of drug-likeness (QED) is 0.763. The molecule has 0 aromatic heterocycles. The molecule has 0 saturated carbocycles. The van der Waals surface area contributed by atoms with Crippen molar-refractivity contribution in [2.75, 3.05) is 6.61 Å². The van der Waals surface area contributed by atoms with E-state index in [9.17, 15) is 0 Å². The Hall–Kier alpha value is -1.46. The van der Waals surface area contributed by atoms with Gasteiger partial charge in [-0.3, -0.25) is 0 Å². The van der Waals surface area contributed by atoms with Gasteiger partial charge >= 0.3 is 0 Å². The van der Waals surface area contributed by atoms with E-state index in [1.165, 1.54) is 5.54 Å². The minimum absolute atomic E-state index is 0.405. The number of hydrogen-bond donors (Lipinski definition) is 0. The lowest BCUT2D eigenvalue weighted by molar-refractivity contribution is 0.351. The Bertz CT molecular complexity index is 379. The third-order valence-electron chi connectivity index (χ3n) is 1.65. The largest absolute Gasteiger partial charge is 0.488 e. The van der Waals surface area contributed by atoms with Gasteiger partial charge in [-0.05, 0) is 24.6 Å². The zero-order chi connectivity index (χ0) is 10.4. The van der Waals surface area contributed by atoms with Crippen molar-refractivity contribution < 1.29 is 4.74 Å². The Morgan fingerprint density at radius 3 is 2.93 bits per heavy atom. The van der Waals surface area contributed by atoms with Gasteiger partial charge in [-0.2, -0.15) is 5.26 Å². The number of para-hydroxylation sites is 1. The van der Waals surface area contributed by atoms with Crippen molar-refractivity contribution >= 4 is 11.6 Å². The summed E-state index contributed by atoms with van der Waals surface area (Å²) in [4.78, 5) is 0. The van der Waals surface area contributed by atoms with Crippen LogP contribution >= 0.6 is 11.6 Å². The number of nitrogens with zero attached hydrogens (tertiary/aromatic N) is 1. The molecule has 1 aromatic rings. The first-order valence-electron chi connectivity index (χ1n) is 4.15. The molecule has 1 rings (SSSR count). The molecular formula is C11H10ClNO. The fourth-order valence-corrected chi connectivity index (χ4v) is 0.971. The maximum Gasteiger partial charge on any atom is 0.137 e. The van der Waals surface area contributed by atoms with E-state index in [2.05, 4.69) is 6.07 Å². The minimum Gasteiger partial charge on any atom is -0.488 e. The topological polar surface area (TPSA) is 33.0 Å². The van der Waals surface area contributed by atoms with E-state index in [-0.39, 0.29) is 0 Å². The van der Waals surface area contributed by atoms with Crippen LogP contribution in [0.3, 0.4) is 0 Å². The van der Waals surface area contributed by atoms with Crippen LogP contribution in [0.5, 0.6) is 5.75 Å². The molecule has 3 heteroatoms. The zero-order valence-corrected chi connectivity index (χ0v) is 8.58. The highest BCUT2D eigenvalue weighted by Crippen LogP contribution is 2.17. The average molecular weight is 208 g/mol. The first-order valence-corrected chi connectivity index (χ1v) is 4.59. The van der Waals surface area contributed by atoms with Crippen molar-refractivity contribution in [2.45, 2.75) is 6.92 Å². The molecule has 0 heterocycles. The van der Waals surface area contributed by atoms with Gasteiger partial charge in [0.1, 0.15) is 18.4 Å². The third kappa shape index (κ3) is 2.79. The van der Waals surface area contributed by atoms with Crippen LogP contribution in [0.2, 0.25) is 0 Å². The second-order valence-electron chi connectivity index (χ2n) is 2.85. The summed E-state index contributed by atoms with van der Waals surface area (Å²) < 4.78 is 5.41. The van der Waals surface area contributed by atoms with Crippen LogP contribution in [0, 0.1) is 11.3 Å². The Morgan fingerprint density at radius 1 is 1.57 bits per heavy atom. The predicted octanol–water partition coefficient (Wildman–Crippen LogP) is 3.08. The highest BCUT2D eigenvalue weighted by Gasteiger charge is 2.00. The van der Waals surface area contributed by atoms with E-state index in [1.54, 1.807) is 18.2 Å². The number of ether oxygens (including phenoxy) is 1. The summed E-state index contributed by atoms with van der Waals surface area (Å²) >= 11 is 5.48. The van der Waals surface area contributed by atoms with Crippen LogP contribution in [0.4, 0.5) is 0 Å². The molecule has 0 radical (unpaired) electrons. The Labute approximate surface area is 88.4 Å². The molecule has 0 fully saturated rings. The van der Waals surface area contributed by atoms with Crippen LogP contribution in [0.1, 0.15) is 12.5 Å². The maximum atomic E-state index is 8.77. The third-order valence-corrected chi connectivity index (χ3v) is 2.02. The maximum absolute atomic E-state index is 8.77. The summed E-state index contributed by atoms with van der Waals surface area (Å²) in [5.41, 5.74) is 2.92. The molecule has 0 unspecified atom stereocenters. The number of halogens is 1. The normalized spacial score (nSPS) is 10.8. The summed E-state index contributed by atoms with van der Waals surface area (Å²) in [5.74, 6) is 0.591. The van der Waals surface area contributed by atoms with Crippen molar-refractivity contribution in [3.63, 3.8) is 0 Å². The predicted molar refractivity (Wildman–Crippen MR) is 56.3 cm³/mol. The molecule has 0 saturated heterocycles. The molecule has 0 amide bonds. The molecule has 0 bridgehead atoms. The fraction of sp³-hybridized carbons (Fsp3) is 0.182. The van der Waals surface area contributed by atoms with Crippen molar-refractivity contribution in [3.05, 3.63) is 40.9 Å². The van der Waals surface area contributed by atoms with Gasteiger partial charge in [-0.15, -0.1) is 0 Å². The van der Waals surface area contributed by atoms with Crippen molar-refractivity contribution in [1.82, 2.24) is 0 Å². The zero-order valence-electron chi connectivity index (χ0n) is 7.83. The molecule has 0 aliphatic carbocycles. The fourth-order valence-electron chi connectivity index (χ4n) is 0.908. The SMILES string of the molecule is C/C(=C/Cl)COc1ccccc1C#N. The van der Waals surface area contributed by atoms with Gasteiger partial charge in [-0.1, -0.05) is 23.7 Å². The Balaban J connectivity index is 2.73. The lowest BCUT2D eigenvalue weighted by Gasteiger charge is -2.06. The smallest absolute Gasteiger partial charge is 0.137 e. The van der Waals surface area contributed by atoms with Gasteiger partial charge in [0.05, 0.1) is 5.56 Å². The van der Waals surface area contributed by atoms with E-state index in [1.807, 2.05) is 13.0 Å². The van der Waals surface area contributed by atoms with Crippen molar-refractivity contribution in [3.8, 4) is 11.8 Å². The van der Waals surface area contributed by atoms with Crippen LogP contribution in [0.25, 0.3) is 0 Å². The van der Waals surface area contributed by atoms with Crippen LogP contribution in [-0.2, 0) is 0 Å². The molecular weight excluding hydrogens is 198 g/mol. The standard InChI is InChI=1S/C11H10ClNO/c1-9(6-12)8-14-11-5-3-2-4-10(11)7-13/h2-6H,8H2,1H3/b9-6-. The number of rotatable bonds is 3. The van der Waals surface area contributed by atoms with Gasteiger partial charge in [0.25, 0.3) is 0 Å². The van der Waals surface area contributed by atoms with Crippen LogP contribution in [0.15, 0.2) is 35.4 Å². The van der Waals surface area contributed by atoms with E-state index in [4.69, 9.17) is 21.6 Å². The van der Waals surface area contributed by atoms with Crippen LogP contribution in [-0.4, -0.2) is 6.61 Å². The summed E-state index contributed by atoms with van der Waals surface area (Å²) in [6, 6.07) is 9.17. The highest BCUT2D eigenvalue weighted by molar-refractivity contribution is 6.25. The average Bonchev–Trinajstić information content (AvgIpc) is 2.26. The number of benzene rings is 1. The Morgan fingerprint density at radius 2 is 2.29 bits per heavy atom. The molecule has 0 aliphatic rings. The lowest BCUT2D eigenvalue weighted by atomic mass is 10.2. The minimum atomic E-state index is 0.405. The molecule has 0 spiro atoms. The number of hydrogen-bond acceptors (Lipinski definition) is 2. The van der Waals surface area contributed by atoms with Crippen molar-refractivity contribution in [2.24, 2.45) is 0 Å². The first-order chi connectivity index (χ1) is 6.77.